The minimum Gasteiger partial charge on any atom is -0.469 e. The summed E-state index contributed by atoms with van der Waals surface area (Å²) in [5, 5.41) is 8.86. The van der Waals surface area contributed by atoms with Gasteiger partial charge >= 0.3 is 5.97 Å². The number of methoxy groups -OCH3 is 1. The molecule has 1 aliphatic rings. The number of carbonyl (C=O) groups excluding carboxylic acids is 3. The zero-order chi connectivity index (χ0) is 20.8. The monoisotopic (exact) mass is 402 g/mol. The summed E-state index contributed by atoms with van der Waals surface area (Å²) in [5.74, 6) is -0.943. The molecular weight excluding hydrogens is 380 g/mol. The Morgan fingerprint density at radius 2 is 1.96 bits per heavy atom. The van der Waals surface area contributed by atoms with Crippen LogP contribution in [0.3, 0.4) is 0 Å². The third kappa shape index (κ3) is 4.89. The lowest BCUT2D eigenvalue weighted by molar-refractivity contribution is -0.141. The first kappa shape index (κ1) is 21.4. The SMILES string of the molecule is COC(=O)CCN(C)C(=O)C1SC(=NC(=O)c2ccc(C#N)cc2)N(C)C1C. The zero-order valence-electron chi connectivity index (χ0n) is 16.2. The Kier molecular flexibility index (Phi) is 7.18. The molecule has 2 unspecified atom stereocenters. The lowest BCUT2D eigenvalue weighted by Gasteiger charge is -2.24. The lowest BCUT2D eigenvalue weighted by Crippen LogP contribution is -2.42. The smallest absolute Gasteiger partial charge is 0.307 e. The third-order valence-electron chi connectivity index (χ3n) is 4.54. The van der Waals surface area contributed by atoms with Gasteiger partial charge in [-0.15, -0.1) is 0 Å². The van der Waals surface area contributed by atoms with Gasteiger partial charge in [0.25, 0.3) is 5.91 Å². The summed E-state index contributed by atoms with van der Waals surface area (Å²) in [6, 6.07) is 8.06. The first-order valence-corrected chi connectivity index (χ1v) is 9.51. The van der Waals surface area contributed by atoms with Crippen LogP contribution in [-0.4, -0.2) is 71.8 Å². The summed E-state index contributed by atoms with van der Waals surface area (Å²) in [7, 11) is 4.72. The molecule has 148 valence electrons. The molecule has 0 bridgehead atoms. The molecule has 28 heavy (non-hydrogen) atoms. The molecule has 2 rings (SSSR count). The van der Waals surface area contributed by atoms with Crippen LogP contribution in [0.2, 0.25) is 0 Å². The Hall–Kier alpha value is -2.86. The molecule has 9 heteroatoms. The Morgan fingerprint density at radius 1 is 1.32 bits per heavy atom. The van der Waals surface area contributed by atoms with Crippen LogP contribution >= 0.6 is 11.8 Å². The number of amidine groups is 1. The van der Waals surface area contributed by atoms with Crippen molar-refractivity contribution in [2.75, 3.05) is 27.7 Å². The first-order chi connectivity index (χ1) is 13.3. The highest BCUT2D eigenvalue weighted by Crippen LogP contribution is 2.32. The highest BCUT2D eigenvalue weighted by molar-refractivity contribution is 8.15. The number of hydrogen-bond acceptors (Lipinski definition) is 6. The fraction of sp³-hybridized carbons (Fsp3) is 0.421. The molecule has 0 aromatic heterocycles. The van der Waals surface area contributed by atoms with Gasteiger partial charge in [-0.1, -0.05) is 11.8 Å². The van der Waals surface area contributed by atoms with E-state index in [1.165, 1.54) is 23.8 Å². The number of nitriles is 1. The molecular formula is C19H22N4O4S. The minimum absolute atomic E-state index is 0.123. The van der Waals surface area contributed by atoms with Crippen LogP contribution in [0, 0.1) is 11.3 Å². The molecule has 1 saturated heterocycles. The van der Waals surface area contributed by atoms with Gasteiger partial charge in [-0.25, -0.2) is 0 Å². The second kappa shape index (κ2) is 9.37. The van der Waals surface area contributed by atoms with E-state index < -0.39 is 11.2 Å². The number of benzene rings is 1. The third-order valence-corrected chi connectivity index (χ3v) is 5.98. The van der Waals surface area contributed by atoms with E-state index >= 15 is 0 Å². The van der Waals surface area contributed by atoms with Crippen molar-refractivity contribution in [3.05, 3.63) is 35.4 Å². The van der Waals surface area contributed by atoms with Gasteiger partial charge in [0.2, 0.25) is 5.91 Å². The number of thioether (sulfide) groups is 1. The molecule has 1 heterocycles. The molecule has 2 atom stereocenters. The molecule has 1 fully saturated rings. The number of aliphatic imine (C=N–C) groups is 1. The fourth-order valence-corrected chi connectivity index (χ4v) is 3.92. The highest BCUT2D eigenvalue weighted by Gasteiger charge is 2.40. The predicted molar refractivity (Wildman–Crippen MR) is 106 cm³/mol. The van der Waals surface area contributed by atoms with Crippen LogP contribution in [0.25, 0.3) is 0 Å². The standard InChI is InChI=1S/C19H22N4O4S/c1-12-16(18(26)22(2)10-9-15(24)27-4)28-19(23(12)3)21-17(25)14-7-5-13(11-20)6-8-14/h5-8,12,16H,9-10H2,1-4H3. The van der Waals surface area contributed by atoms with E-state index in [2.05, 4.69) is 9.73 Å². The van der Waals surface area contributed by atoms with E-state index in [0.29, 0.717) is 16.3 Å². The van der Waals surface area contributed by atoms with E-state index in [-0.39, 0.29) is 30.9 Å². The van der Waals surface area contributed by atoms with Crippen LogP contribution in [0.1, 0.15) is 29.3 Å². The number of amides is 2. The Morgan fingerprint density at radius 3 is 2.54 bits per heavy atom. The van der Waals surface area contributed by atoms with E-state index in [0.717, 1.165) is 0 Å². The summed E-state index contributed by atoms with van der Waals surface area (Å²) >= 11 is 1.23. The molecule has 2 amide bonds. The Balaban J connectivity index is 2.08. The van der Waals surface area contributed by atoms with E-state index in [9.17, 15) is 14.4 Å². The van der Waals surface area contributed by atoms with E-state index in [1.54, 1.807) is 43.3 Å². The summed E-state index contributed by atoms with van der Waals surface area (Å²) in [4.78, 5) is 43.9. The molecule has 8 nitrogen and oxygen atoms in total. The molecule has 0 saturated carbocycles. The van der Waals surface area contributed by atoms with Crippen molar-refractivity contribution in [1.82, 2.24) is 9.80 Å². The number of hydrogen-bond donors (Lipinski definition) is 0. The number of rotatable bonds is 5. The van der Waals surface area contributed by atoms with Gasteiger partial charge in [0.05, 0.1) is 25.2 Å². The first-order valence-electron chi connectivity index (χ1n) is 8.63. The second-order valence-electron chi connectivity index (χ2n) is 6.36. The van der Waals surface area contributed by atoms with Gasteiger partial charge in [-0.2, -0.15) is 10.3 Å². The maximum Gasteiger partial charge on any atom is 0.307 e. The number of ether oxygens (including phenoxy) is 1. The van der Waals surface area contributed by atoms with Crippen LogP contribution in [0.4, 0.5) is 0 Å². The van der Waals surface area contributed by atoms with Crippen molar-refractivity contribution >= 4 is 34.7 Å². The van der Waals surface area contributed by atoms with Crippen molar-refractivity contribution < 1.29 is 19.1 Å². The molecule has 0 spiro atoms. The van der Waals surface area contributed by atoms with Gasteiger partial charge < -0.3 is 14.5 Å². The van der Waals surface area contributed by atoms with Gasteiger partial charge in [0.1, 0.15) is 5.25 Å². The van der Waals surface area contributed by atoms with E-state index in [1.807, 2.05) is 13.0 Å². The lowest BCUT2D eigenvalue weighted by atomic mass is 10.1. The van der Waals surface area contributed by atoms with Crippen LogP contribution in [-0.2, 0) is 14.3 Å². The Bertz CT molecular complexity index is 831. The van der Waals surface area contributed by atoms with E-state index in [4.69, 9.17) is 5.26 Å². The average molecular weight is 402 g/mol. The van der Waals surface area contributed by atoms with Gasteiger partial charge in [-0.05, 0) is 31.2 Å². The van der Waals surface area contributed by atoms with Crippen molar-refractivity contribution in [3.63, 3.8) is 0 Å². The summed E-state index contributed by atoms with van der Waals surface area (Å²) in [6.07, 6.45) is 0.123. The van der Waals surface area contributed by atoms with Crippen molar-refractivity contribution in [2.45, 2.75) is 24.6 Å². The Labute approximate surface area is 168 Å². The normalized spacial score (nSPS) is 20.0. The van der Waals surface area contributed by atoms with Crippen LogP contribution < -0.4 is 0 Å². The number of carbonyl (C=O) groups is 3. The molecule has 0 radical (unpaired) electrons. The fourth-order valence-electron chi connectivity index (χ4n) is 2.56. The minimum atomic E-state index is -0.432. The number of nitrogens with zero attached hydrogens (tertiary/aromatic N) is 4. The molecule has 1 aromatic rings. The topological polar surface area (TPSA) is 103 Å². The maximum absolute atomic E-state index is 12.7. The molecule has 0 aliphatic carbocycles. The summed E-state index contributed by atoms with van der Waals surface area (Å²) in [6.45, 7) is 2.15. The molecule has 0 N–H and O–H groups in total. The van der Waals surface area contributed by atoms with Crippen molar-refractivity contribution in [2.24, 2.45) is 4.99 Å². The van der Waals surface area contributed by atoms with Crippen LogP contribution in [0.15, 0.2) is 29.3 Å². The van der Waals surface area contributed by atoms with Gasteiger partial charge in [0.15, 0.2) is 5.17 Å². The largest absolute Gasteiger partial charge is 0.469 e. The van der Waals surface area contributed by atoms with Crippen molar-refractivity contribution in [1.29, 1.82) is 5.26 Å². The van der Waals surface area contributed by atoms with Crippen LogP contribution in [0.5, 0.6) is 0 Å². The maximum atomic E-state index is 12.7. The number of esters is 1. The second-order valence-corrected chi connectivity index (χ2v) is 7.47. The van der Waals surface area contributed by atoms with Crippen molar-refractivity contribution in [3.8, 4) is 6.07 Å². The summed E-state index contributed by atoms with van der Waals surface area (Å²) < 4.78 is 4.60. The average Bonchev–Trinajstić information content (AvgIpc) is 2.99. The van der Waals surface area contributed by atoms with Gasteiger partial charge in [0, 0.05) is 32.2 Å². The zero-order valence-corrected chi connectivity index (χ0v) is 17.0. The summed E-state index contributed by atoms with van der Waals surface area (Å²) in [5.41, 5.74) is 0.837. The molecule has 1 aliphatic heterocycles. The highest BCUT2D eigenvalue weighted by atomic mass is 32.2. The predicted octanol–water partition coefficient (Wildman–Crippen LogP) is 1.51. The quantitative estimate of drug-likeness (QED) is 0.688. The molecule has 1 aromatic carbocycles. The van der Waals surface area contributed by atoms with Gasteiger partial charge in [-0.3, -0.25) is 14.4 Å².